The first kappa shape index (κ1) is 35.3. The summed E-state index contributed by atoms with van der Waals surface area (Å²) in [6.45, 7) is -0.690. The first-order valence-electron chi connectivity index (χ1n) is 16.4. The fourth-order valence-corrected chi connectivity index (χ4v) is 5.51. The van der Waals surface area contributed by atoms with Crippen LogP contribution >= 0.6 is 0 Å². The monoisotopic (exact) mass is 695 g/mol. The highest BCUT2D eigenvalue weighted by Gasteiger charge is 2.14. The SMILES string of the molecule is COc1cc(N=Nc2ccccc2)c(CO)cc1N=Nc1cc(OC)c(N=Nc2ccc3cc(CCc4ccc(N)cc4)ccc3c2O)cc1CO. The lowest BCUT2D eigenvalue weighted by atomic mass is 10.0. The van der Waals surface area contributed by atoms with Crippen molar-refractivity contribution >= 4 is 50.6 Å². The number of phenols is 1. The Bertz CT molecular complexity index is 2270. The number of benzene rings is 6. The molecule has 0 atom stereocenters. The van der Waals surface area contributed by atoms with E-state index >= 15 is 0 Å². The van der Waals surface area contributed by atoms with Crippen molar-refractivity contribution in [2.24, 2.45) is 30.7 Å². The quantitative estimate of drug-likeness (QED) is 0.0689. The lowest BCUT2D eigenvalue weighted by molar-refractivity contribution is 0.282. The minimum absolute atomic E-state index is 0.00172. The van der Waals surface area contributed by atoms with Crippen molar-refractivity contribution in [3.63, 3.8) is 0 Å². The fraction of sp³-hybridized carbons (Fsp3) is 0.150. The third-order valence-corrected chi connectivity index (χ3v) is 8.38. The van der Waals surface area contributed by atoms with Crippen molar-refractivity contribution in [1.82, 2.24) is 0 Å². The third-order valence-electron chi connectivity index (χ3n) is 8.38. The number of nitrogen functional groups attached to an aromatic ring is 1. The van der Waals surface area contributed by atoms with E-state index in [0.717, 1.165) is 29.5 Å². The van der Waals surface area contributed by atoms with Crippen LogP contribution in [0.1, 0.15) is 22.3 Å². The van der Waals surface area contributed by atoms with Gasteiger partial charge in [0.15, 0.2) is 5.75 Å². The highest BCUT2D eigenvalue weighted by Crippen LogP contribution is 2.41. The van der Waals surface area contributed by atoms with Gasteiger partial charge in [0, 0.05) is 34.3 Å². The molecule has 0 radical (unpaired) electrons. The summed E-state index contributed by atoms with van der Waals surface area (Å²) in [5, 5.41) is 58.8. The van der Waals surface area contributed by atoms with Crippen LogP contribution in [-0.2, 0) is 26.1 Å². The zero-order valence-corrected chi connectivity index (χ0v) is 28.6. The number of phenolic OH excluding ortho intramolecular Hbond substituents is 1. The number of methoxy groups -OCH3 is 2. The molecule has 0 heterocycles. The zero-order chi connectivity index (χ0) is 36.5. The van der Waals surface area contributed by atoms with Gasteiger partial charge >= 0.3 is 0 Å². The van der Waals surface area contributed by atoms with Gasteiger partial charge in [-0.2, -0.15) is 10.2 Å². The molecule has 0 aliphatic carbocycles. The maximum Gasteiger partial charge on any atom is 0.150 e. The van der Waals surface area contributed by atoms with E-state index in [9.17, 15) is 15.3 Å². The van der Waals surface area contributed by atoms with E-state index in [1.807, 2.05) is 72.8 Å². The van der Waals surface area contributed by atoms with Crippen LogP contribution in [0.2, 0.25) is 0 Å². The number of anilines is 1. The van der Waals surface area contributed by atoms with Crippen molar-refractivity contribution in [3.05, 3.63) is 131 Å². The van der Waals surface area contributed by atoms with E-state index in [1.165, 1.54) is 19.8 Å². The maximum atomic E-state index is 11.1. The van der Waals surface area contributed by atoms with E-state index in [1.54, 1.807) is 30.3 Å². The molecule has 262 valence electrons. The molecule has 5 N–H and O–H groups in total. The topological polar surface area (TPSA) is 179 Å². The van der Waals surface area contributed by atoms with E-state index in [4.69, 9.17) is 15.2 Å². The summed E-state index contributed by atoms with van der Waals surface area (Å²) in [5.41, 5.74) is 12.1. The molecule has 0 amide bonds. The molecule has 0 aliphatic rings. The van der Waals surface area contributed by atoms with E-state index < -0.39 is 0 Å². The molecule has 0 aromatic heterocycles. The smallest absolute Gasteiger partial charge is 0.150 e. The Kier molecular flexibility index (Phi) is 11.2. The number of hydrogen-bond donors (Lipinski definition) is 4. The average molecular weight is 696 g/mol. The van der Waals surface area contributed by atoms with Crippen LogP contribution in [0.5, 0.6) is 17.2 Å². The number of ether oxygens (including phenoxy) is 2. The molecule has 0 spiro atoms. The second-order valence-electron chi connectivity index (χ2n) is 11.8. The molecule has 6 aromatic carbocycles. The highest BCUT2D eigenvalue weighted by molar-refractivity contribution is 5.92. The first-order chi connectivity index (χ1) is 25.4. The molecule has 52 heavy (non-hydrogen) atoms. The third kappa shape index (κ3) is 8.27. The maximum absolute atomic E-state index is 11.1. The molecule has 0 saturated carbocycles. The number of aliphatic hydroxyl groups excluding tert-OH is 2. The summed E-state index contributed by atoms with van der Waals surface area (Å²) in [7, 11) is 2.97. The number of hydrogen-bond acceptors (Lipinski definition) is 12. The molecule has 6 rings (SSSR count). The summed E-state index contributed by atoms with van der Waals surface area (Å²) in [6, 6.07) is 33.0. The summed E-state index contributed by atoms with van der Waals surface area (Å²) < 4.78 is 11.1. The Morgan fingerprint density at radius 1 is 0.538 bits per heavy atom. The fourth-order valence-electron chi connectivity index (χ4n) is 5.51. The highest BCUT2D eigenvalue weighted by atomic mass is 16.5. The Morgan fingerprint density at radius 2 is 1.08 bits per heavy atom. The Labute approximate surface area is 300 Å². The van der Waals surface area contributed by atoms with Crippen LogP contribution in [0.3, 0.4) is 0 Å². The van der Waals surface area contributed by atoms with Gasteiger partial charge in [-0.3, -0.25) is 0 Å². The lowest BCUT2D eigenvalue weighted by Gasteiger charge is -2.10. The number of nitrogens with two attached hydrogens (primary N) is 1. The van der Waals surface area contributed by atoms with Crippen molar-refractivity contribution in [2.45, 2.75) is 26.1 Å². The van der Waals surface area contributed by atoms with Gasteiger partial charge in [0.05, 0.1) is 44.5 Å². The van der Waals surface area contributed by atoms with Crippen LogP contribution in [0.25, 0.3) is 10.8 Å². The van der Waals surface area contributed by atoms with Gasteiger partial charge in [-0.15, -0.1) is 20.5 Å². The summed E-state index contributed by atoms with van der Waals surface area (Å²) in [5.74, 6) is 0.679. The Morgan fingerprint density at radius 3 is 1.67 bits per heavy atom. The van der Waals surface area contributed by atoms with Crippen LogP contribution in [0.15, 0.2) is 140 Å². The van der Waals surface area contributed by atoms with E-state index in [2.05, 4.69) is 36.8 Å². The van der Waals surface area contributed by atoms with Gasteiger partial charge in [0.2, 0.25) is 0 Å². The molecule has 0 fully saturated rings. The molecule has 12 nitrogen and oxygen atoms in total. The minimum Gasteiger partial charge on any atom is -0.505 e. The number of fused-ring (bicyclic) bond motifs is 1. The van der Waals surface area contributed by atoms with Gasteiger partial charge in [0.25, 0.3) is 0 Å². The van der Waals surface area contributed by atoms with Gasteiger partial charge in [-0.25, -0.2) is 0 Å². The van der Waals surface area contributed by atoms with Crippen LogP contribution < -0.4 is 15.2 Å². The van der Waals surface area contributed by atoms with Crippen LogP contribution in [0, 0.1) is 0 Å². The summed E-state index contributed by atoms with van der Waals surface area (Å²) in [4.78, 5) is 0. The van der Waals surface area contributed by atoms with E-state index in [0.29, 0.717) is 56.4 Å². The number of rotatable bonds is 13. The number of aromatic hydroxyl groups is 1. The van der Waals surface area contributed by atoms with Gasteiger partial charge in [0.1, 0.15) is 28.6 Å². The molecular weight excluding hydrogens is 658 g/mol. The van der Waals surface area contributed by atoms with Gasteiger partial charge < -0.3 is 30.5 Å². The molecule has 6 aromatic rings. The number of aryl methyl sites for hydroxylation is 2. The van der Waals surface area contributed by atoms with E-state index in [-0.39, 0.29) is 24.7 Å². The molecule has 0 bridgehead atoms. The Balaban J connectivity index is 1.22. The summed E-state index contributed by atoms with van der Waals surface area (Å²) >= 11 is 0. The Hall–Kier alpha value is -6.50. The zero-order valence-electron chi connectivity index (χ0n) is 28.6. The van der Waals surface area contributed by atoms with Crippen molar-refractivity contribution < 1.29 is 24.8 Å². The van der Waals surface area contributed by atoms with Gasteiger partial charge in [-0.1, -0.05) is 54.6 Å². The lowest BCUT2D eigenvalue weighted by Crippen LogP contribution is -1.92. The summed E-state index contributed by atoms with van der Waals surface area (Å²) in [6.07, 6.45) is 1.72. The second kappa shape index (κ2) is 16.5. The van der Waals surface area contributed by atoms with Crippen molar-refractivity contribution in [2.75, 3.05) is 20.0 Å². The molecule has 0 unspecified atom stereocenters. The number of azo groups is 3. The minimum atomic E-state index is -0.374. The normalized spacial score (nSPS) is 11.7. The molecular formula is C40H37N7O5. The number of aliphatic hydroxyl groups is 2. The molecule has 0 aliphatic heterocycles. The average Bonchev–Trinajstić information content (AvgIpc) is 3.18. The first-order valence-corrected chi connectivity index (χ1v) is 16.4. The predicted molar refractivity (Wildman–Crippen MR) is 201 cm³/mol. The van der Waals surface area contributed by atoms with Gasteiger partial charge in [-0.05, 0) is 71.8 Å². The van der Waals surface area contributed by atoms with Crippen LogP contribution in [0.4, 0.5) is 39.8 Å². The second-order valence-corrected chi connectivity index (χ2v) is 11.8. The largest absolute Gasteiger partial charge is 0.505 e. The van der Waals surface area contributed by atoms with Crippen molar-refractivity contribution in [1.29, 1.82) is 0 Å². The molecule has 0 saturated heterocycles. The number of nitrogens with zero attached hydrogens (tertiary/aromatic N) is 6. The standard InChI is InChI=1S/C40H37N7O5/c1-51-38-21-34(44-42-31-6-4-3-5-7-31)28(23-48)19-37(38)47-45-35-22-39(52-2)36(20-29(35)24-49)46-43-33-17-13-27-18-26(12-16-32(27)40(33)50)9-8-25-10-14-30(41)15-11-25/h3-7,10-22,48-50H,8-9,23-24,41H2,1-2H3. The van der Waals surface area contributed by atoms with Crippen LogP contribution in [-0.4, -0.2) is 29.5 Å². The van der Waals surface area contributed by atoms with Crippen molar-refractivity contribution in [3.8, 4) is 17.2 Å². The molecule has 12 heteroatoms. The predicted octanol–water partition coefficient (Wildman–Crippen LogP) is 10.2.